The first-order valence-electron chi connectivity index (χ1n) is 7.20. The highest BCUT2D eigenvalue weighted by molar-refractivity contribution is 5.25. The average Bonchev–Trinajstić information content (AvgIpc) is 2.85. The highest BCUT2D eigenvalue weighted by Gasteiger charge is 2.36. The van der Waals surface area contributed by atoms with E-state index in [4.69, 9.17) is 5.11 Å². The molecule has 3 nitrogen and oxygen atoms in total. The topological polar surface area (TPSA) is 38.0 Å². The van der Waals surface area contributed by atoms with Crippen molar-refractivity contribution in [2.75, 3.05) is 6.61 Å². The van der Waals surface area contributed by atoms with Crippen LogP contribution in [-0.4, -0.2) is 21.5 Å². The molecule has 0 atom stereocenters. The van der Waals surface area contributed by atoms with E-state index in [1.165, 1.54) is 22.0 Å². The van der Waals surface area contributed by atoms with Crippen molar-refractivity contribution in [1.29, 1.82) is 0 Å². The minimum Gasteiger partial charge on any atom is -0.396 e. The Labute approximate surface area is 127 Å². The van der Waals surface area contributed by atoms with Gasteiger partial charge in [0.25, 0.3) is 0 Å². The summed E-state index contributed by atoms with van der Waals surface area (Å²) in [5, 5.41) is 12.5. The first-order chi connectivity index (χ1) is 10.4. The third kappa shape index (κ3) is 4.10. The molecule has 0 aliphatic carbocycles. The molecule has 120 valence electrons. The molecule has 6 heteroatoms. The Hall–Kier alpha value is -1.82. The summed E-state index contributed by atoms with van der Waals surface area (Å²) in [6.45, 7) is 2.12. The van der Waals surface area contributed by atoms with Gasteiger partial charge in [0.15, 0.2) is 5.69 Å². The van der Waals surface area contributed by atoms with Crippen LogP contribution in [0, 0.1) is 6.92 Å². The van der Waals surface area contributed by atoms with E-state index in [0.29, 0.717) is 13.0 Å². The lowest BCUT2D eigenvalue weighted by molar-refractivity contribution is -0.142. The van der Waals surface area contributed by atoms with Crippen LogP contribution in [-0.2, 0) is 25.6 Å². The number of aliphatic hydroxyl groups excluding tert-OH is 1. The number of aliphatic hydroxyl groups is 1. The number of rotatable bonds is 6. The normalized spacial score (nSPS) is 11.9. The maximum absolute atomic E-state index is 12.9. The molecule has 0 saturated heterocycles. The summed E-state index contributed by atoms with van der Waals surface area (Å²) < 4.78 is 39.9. The first kappa shape index (κ1) is 16.5. The molecule has 0 radical (unpaired) electrons. The van der Waals surface area contributed by atoms with Crippen LogP contribution in [0.4, 0.5) is 13.2 Å². The summed E-state index contributed by atoms with van der Waals surface area (Å²) in [5.41, 5.74) is 1.53. The van der Waals surface area contributed by atoms with Gasteiger partial charge in [-0.2, -0.15) is 18.3 Å². The van der Waals surface area contributed by atoms with Crippen LogP contribution in [0.2, 0.25) is 0 Å². The molecular weight excluding hydrogens is 293 g/mol. The minimum absolute atomic E-state index is 0.0351. The van der Waals surface area contributed by atoms with E-state index in [-0.39, 0.29) is 18.6 Å². The van der Waals surface area contributed by atoms with Crippen molar-refractivity contribution in [2.24, 2.45) is 0 Å². The van der Waals surface area contributed by atoms with Gasteiger partial charge in [-0.05, 0) is 37.3 Å². The Kier molecular flexibility index (Phi) is 5.24. The lowest BCUT2D eigenvalue weighted by atomic mass is 10.0. The molecule has 0 bridgehead atoms. The first-order valence-corrected chi connectivity index (χ1v) is 7.20. The lowest BCUT2D eigenvalue weighted by Gasteiger charge is -2.06. The Morgan fingerprint density at radius 1 is 1.14 bits per heavy atom. The van der Waals surface area contributed by atoms with Gasteiger partial charge in [0, 0.05) is 24.9 Å². The number of hydrogen-bond acceptors (Lipinski definition) is 2. The third-order valence-corrected chi connectivity index (χ3v) is 3.58. The second-order valence-corrected chi connectivity index (χ2v) is 5.27. The maximum Gasteiger partial charge on any atom is 0.435 e. The molecular formula is C16H19F3N2O. The van der Waals surface area contributed by atoms with Crippen molar-refractivity contribution < 1.29 is 18.3 Å². The van der Waals surface area contributed by atoms with Crippen LogP contribution in [0.25, 0.3) is 0 Å². The predicted octanol–water partition coefficient (Wildman–Crippen LogP) is 3.38. The number of halogens is 3. The van der Waals surface area contributed by atoms with Gasteiger partial charge in [0.05, 0.1) is 0 Å². The molecule has 0 amide bonds. The van der Waals surface area contributed by atoms with Crippen molar-refractivity contribution in [3.8, 4) is 0 Å². The van der Waals surface area contributed by atoms with E-state index in [9.17, 15) is 13.2 Å². The Morgan fingerprint density at radius 3 is 2.50 bits per heavy atom. The molecule has 2 rings (SSSR count). The van der Waals surface area contributed by atoms with Gasteiger partial charge in [-0.15, -0.1) is 0 Å². The van der Waals surface area contributed by atoms with Crippen molar-refractivity contribution in [3.05, 3.63) is 52.8 Å². The van der Waals surface area contributed by atoms with Crippen LogP contribution < -0.4 is 0 Å². The number of benzene rings is 1. The highest BCUT2D eigenvalue weighted by Crippen LogP contribution is 2.31. The number of nitrogens with zero attached hydrogens (tertiary/aromatic N) is 2. The van der Waals surface area contributed by atoms with Crippen LogP contribution in [0.1, 0.15) is 28.8 Å². The minimum atomic E-state index is -4.48. The summed E-state index contributed by atoms with van der Waals surface area (Å²) in [4.78, 5) is 0. The van der Waals surface area contributed by atoms with E-state index in [1.54, 1.807) is 0 Å². The van der Waals surface area contributed by atoms with E-state index >= 15 is 0 Å². The Balaban J connectivity index is 2.03. The summed E-state index contributed by atoms with van der Waals surface area (Å²) in [5.74, 6) is 0. The van der Waals surface area contributed by atoms with Crippen LogP contribution in [0.5, 0.6) is 0 Å². The van der Waals surface area contributed by atoms with Crippen molar-refractivity contribution in [1.82, 2.24) is 9.78 Å². The van der Waals surface area contributed by atoms with Gasteiger partial charge in [0.2, 0.25) is 0 Å². The summed E-state index contributed by atoms with van der Waals surface area (Å²) in [6, 6.07) is 7.96. The molecule has 1 heterocycles. The molecule has 0 spiro atoms. The third-order valence-electron chi connectivity index (χ3n) is 3.58. The smallest absolute Gasteiger partial charge is 0.396 e. The van der Waals surface area contributed by atoms with Crippen molar-refractivity contribution in [3.63, 3.8) is 0 Å². The summed E-state index contributed by atoms with van der Waals surface area (Å²) in [7, 11) is 0. The highest BCUT2D eigenvalue weighted by atomic mass is 19.4. The fraction of sp³-hybridized carbons (Fsp3) is 0.438. The van der Waals surface area contributed by atoms with E-state index < -0.39 is 11.9 Å². The second-order valence-electron chi connectivity index (χ2n) is 5.27. The van der Waals surface area contributed by atoms with E-state index in [1.807, 2.05) is 31.2 Å². The molecule has 1 aromatic carbocycles. The SMILES string of the molecule is Cc1ccccc1CCCn1cc(CCO)c(C(F)(F)F)n1. The van der Waals surface area contributed by atoms with Gasteiger partial charge >= 0.3 is 6.18 Å². The van der Waals surface area contributed by atoms with Crippen molar-refractivity contribution >= 4 is 0 Å². The second kappa shape index (κ2) is 6.96. The molecule has 1 N–H and O–H groups in total. The standard InChI is InChI=1S/C16H19F3N2O/c1-12-5-2-3-6-13(12)7-4-9-21-11-14(8-10-22)15(20-21)16(17,18)19/h2-3,5-6,11,22H,4,7-10H2,1H3. The average molecular weight is 312 g/mol. The molecule has 0 unspecified atom stereocenters. The van der Waals surface area contributed by atoms with Gasteiger partial charge in [-0.1, -0.05) is 24.3 Å². The molecule has 2 aromatic rings. The van der Waals surface area contributed by atoms with Crippen molar-refractivity contribution in [2.45, 2.75) is 38.9 Å². The quantitative estimate of drug-likeness (QED) is 0.888. The fourth-order valence-electron chi connectivity index (χ4n) is 2.44. The molecule has 0 aliphatic heterocycles. The zero-order valence-electron chi connectivity index (χ0n) is 12.4. The largest absolute Gasteiger partial charge is 0.435 e. The number of alkyl halides is 3. The fourth-order valence-corrected chi connectivity index (χ4v) is 2.44. The zero-order valence-corrected chi connectivity index (χ0v) is 12.4. The van der Waals surface area contributed by atoms with Gasteiger partial charge < -0.3 is 5.11 Å². The van der Waals surface area contributed by atoms with Crippen LogP contribution in [0.3, 0.4) is 0 Å². The van der Waals surface area contributed by atoms with E-state index in [2.05, 4.69) is 5.10 Å². The number of hydrogen-bond donors (Lipinski definition) is 1. The Bertz CT molecular complexity index is 620. The molecule has 1 aromatic heterocycles. The number of aromatic nitrogens is 2. The van der Waals surface area contributed by atoms with Gasteiger partial charge in [-0.25, -0.2) is 0 Å². The number of aryl methyl sites for hydroxylation is 3. The molecule has 22 heavy (non-hydrogen) atoms. The Morgan fingerprint density at radius 2 is 1.86 bits per heavy atom. The lowest BCUT2D eigenvalue weighted by Crippen LogP contribution is -2.11. The van der Waals surface area contributed by atoms with E-state index in [0.717, 1.165) is 6.42 Å². The van der Waals surface area contributed by atoms with Gasteiger partial charge in [0.1, 0.15) is 0 Å². The molecule has 0 aliphatic rings. The monoisotopic (exact) mass is 312 g/mol. The molecule has 0 fully saturated rings. The summed E-state index contributed by atoms with van der Waals surface area (Å²) >= 11 is 0. The van der Waals surface area contributed by atoms with Crippen LogP contribution in [0.15, 0.2) is 30.5 Å². The van der Waals surface area contributed by atoms with Gasteiger partial charge in [-0.3, -0.25) is 4.68 Å². The summed E-state index contributed by atoms with van der Waals surface area (Å²) in [6.07, 6.45) is -1.62. The molecule has 0 saturated carbocycles. The predicted molar refractivity (Wildman–Crippen MR) is 77.5 cm³/mol. The van der Waals surface area contributed by atoms with Crippen LogP contribution >= 0.6 is 0 Å². The maximum atomic E-state index is 12.9. The zero-order chi connectivity index (χ0) is 16.2.